The minimum atomic E-state index is -1.57. The van der Waals surface area contributed by atoms with Crippen LogP contribution in [0.1, 0.15) is 57.1 Å². The van der Waals surface area contributed by atoms with Crippen molar-refractivity contribution in [2.45, 2.75) is 46.0 Å². The van der Waals surface area contributed by atoms with Crippen LogP contribution in [0.25, 0.3) is 22.7 Å². The SMILES string of the molecule is C/C=C/c1ccc2cc(C(F)=C(F)C3CCC(CC)CC3)c(F)c(F)c2c1F. The van der Waals surface area contributed by atoms with Crippen LogP contribution in [0.3, 0.4) is 0 Å². The molecular weight excluding hydrogens is 371 g/mol. The van der Waals surface area contributed by atoms with E-state index in [4.69, 9.17) is 0 Å². The lowest BCUT2D eigenvalue weighted by molar-refractivity contribution is 0.268. The van der Waals surface area contributed by atoms with Gasteiger partial charge in [0.2, 0.25) is 0 Å². The summed E-state index contributed by atoms with van der Waals surface area (Å²) in [4.78, 5) is 0. The Morgan fingerprint density at radius 1 is 1.00 bits per heavy atom. The van der Waals surface area contributed by atoms with E-state index in [-0.39, 0.29) is 10.9 Å². The van der Waals surface area contributed by atoms with Gasteiger partial charge in [-0.1, -0.05) is 37.6 Å². The summed E-state index contributed by atoms with van der Waals surface area (Å²) in [6.07, 6.45) is 6.52. The summed E-state index contributed by atoms with van der Waals surface area (Å²) in [5.74, 6) is -6.57. The van der Waals surface area contributed by atoms with Crippen LogP contribution in [0.5, 0.6) is 0 Å². The fraction of sp³-hybridized carbons (Fsp3) is 0.391. The highest BCUT2D eigenvalue weighted by molar-refractivity contribution is 5.89. The van der Waals surface area contributed by atoms with Crippen molar-refractivity contribution < 1.29 is 22.0 Å². The molecule has 0 saturated heterocycles. The molecule has 0 spiro atoms. The van der Waals surface area contributed by atoms with Gasteiger partial charge in [-0.2, -0.15) is 0 Å². The average molecular weight is 394 g/mol. The smallest absolute Gasteiger partial charge is 0.170 e. The Hall–Kier alpha value is -2.17. The van der Waals surface area contributed by atoms with Gasteiger partial charge in [0.25, 0.3) is 0 Å². The molecule has 0 amide bonds. The van der Waals surface area contributed by atoms with E-state index in [0.29, 0.717) is 18.8 Å². The molecule has 2 aromatic rings. The van der Waals surface area contributed by atoms with Gasteiger partial charge >= 0.3 is 0 Å². The Morgan fingerprint density at radius 2 is 1.68 bits per heavy atom. The van der Waals surface area contributed by atoms with Gasteiger partial charge in [0.1, 0.15) is 11.6 Å². The van der Waals surface area contributed by atoms with Crippen molar-refractivity contribution >= 4 is 22.7 Å². The Bertz CT molecular complexity index is 934. The van der Waals surface area contributed by atoms with E-state index < -0.39 is 46.0 Å². The fourth-order valence-corrected chi connectivity index (χ4v) is 4.00. The second-order valence-corrected chi connectivity index (χ2v) is 7.41. The van der Waals surface area contributed by atoms with Crippen molar-refractivity contribution in [1.82, 2.24) is 0 Å². The summed E-state index contributed by atoms with van der Waals surface area (Å²) in [6, 6.07) is 3.74. The maximum atomic E-state index is 14.8. The molecule has 3 rings (SSSR count). The minimum absolute atomic E-state index is 0.0164. The second-order valence-electron chi connectivity index (χ2n) is 7.41. The Kier molecular flexibility index (Phi) is 6.21. The highest BCUT2D eigenvalue weighted by Crippen LogP contribution is 2.40. The minimum Gasteiger partial charge on any atom is -0.208 e. The van der Waals surface area contributed by atoms with Gasteiger partial charge in [-0.15, -0.1) is 0 Å². The second kappa shape index (κ2) is 8.46. The lowest BCUT2D eigenvalue weighted by Gasteiger charge is -2.27. The Balaban J connectivity index is 2.05. The molecule has 0 unspecified atom stereocenters. The third kappa shape index (κ3) is 3.71. The molecule has 1 aliphatic rings. The molecule has 0 bridgehead atoms. The summed E-state index contributed by atoms with van der Waals surface area (Å²) < 4.78 is 73.0. The van der Waals surface area contributed by atoms with E-state index in [1.54, 1.807) is 13.0 Å². The van der Waals surface area contributed by atoms with Crippen LogP contribution in [0, 0.1) is 29.3 Å². The molecule has 0 radical (unpaired) electrons. The molecule has 0 atom stereocenters. The van der Waals surface area contributed by atoms with Crippen LogP contribution in [0.4, 0.5) is 22.0 Å². The van der Waals surface area contributed by atoms with E-state index >= 15 is 0 Å². The molecule has 0 nitrogen and oxygen atoms in total. The summed E-state index contributed by atoms with van der Waals surface area (Å²) in [5, 5.41) is -0.578. The highest BCUT2D eigenvalue weighted by atomic mass is 19.2. The first-order chi connectivity index (χ1) is 13.4. The van der Waals surface area contributed by atoms with Gasteiger partial charge in [0, 0.05) is 11.5 Å². The van der Waals surface area contributed by atoms with E-state index in [0.717, 1.165) is 25.3 Å². The average Bonchev–Trinajstić information content (AvgIpc) is 2.71. The van der Waals surface area contributed by atoms with Crippen molar-refractivity contribution in [1.29, 1.82) is 0 Å². The zero-order valence-corrected chi connectivity index (χ0v) is 16.0. The quantitative estimate of drug-likeness (QED) is 0.459. The number of allylic oxidation sites excluding steroid dienone is 2. The van der Waals surface area contributed by atoms with Gasteiger partial charge in [-0.05, 0) is 50.0 Å². The van der Waals surface area contributed by atoms with E-state index in [1.807, 2.05) is 0 Å². The molecule has 1 aliphatic carbocycles. The lowest BCUT2D eigenvalue weighted by atomic mass is 9.80. The number of benzene rings is 2. The van der Waals surface area contributed by atoms with Crippen LogP contribution in [-0.4, -0.2) is 0 Å². The highest BCUT2D eigenvalue weighted by Gasteiger charge is 2.28. The zero-order valence-electron chi connectivity index (χ0n) is 16.0. The fourth-order valence-electron chi connectivity index (χ4n) is 4.00. The van der Waals surface area contributed by atoms with Crippen molar-refractivity contribution in [2.24, 2.45) is 11.8 Å². The van der Waals surface area contributed by atoms with Gasteiger partial charge in [0.15, 0.2) is 17.5 Å². The van der Waals surface area contributed by atoms with Gasteiger partial charge < -0.3 is 0 Å². The Morgan fingerprint density at radius 3 is 2.29 bits per heavy atom. The standard InChI is InChI=1S/C23H23F5/c1-3-5-14-10-11-16-12-17(22(27)23(28)18(16)19(14)24)21(26)20(25)15-8-6-13(4-2)7-9-15/h3,5,10-13,15H,4,6-9H2,1-2H3/b5-3+,21-20?. The molecule has 1 saturated carbocycles. The number of hydrogen-bond acceptors (Lipinski definition) is 0. The van der Waals surface area contributed by atoms with Crippen LogP contribution in [0.15, 0.2) is 30.1 Å². The number of rotatable bonds is 4. The van der Waals surface area contributed by atoms with Crippen molar-refractivity contribution in [3.05, 3.63) is 58.7 Å². The van der Waals surface area contributed by atoms with Crippen molar-refractivity contribution in [3.63, 3.8) is 0 Å². The molecule has 0 N–H and O–H groups in total. The zero-order chi connectivity index (χ0) is 20.4. The van der Waals surface area contributed by atoms with E-state index in [9.17, 15) is 22.0 Å². The summed E-state index contributed by atoms with van der Waals surface area (Å²) in [5.41, 5.74) is -0.700. The first-order valence-electron chi connectivity index (χ1n) is 9.67. The first kappa shape index (κ1) is 20.6. The largest absolute Gasteiger partial charge is 0.208 e. The first-order valence-corrected chi connectivity index (χ1v) is 9.67. The predicted molar refractivity (Wildman–Crippen MR) is 103 cm³/mol. The normalized spacial score (nSPS) is 21.4. The molecule has 1 fully saturated rings. The van der Waals surface area contributed by atoms with Crippen molar-refractivity contribution in [2.75, 3.05) is 0 Å². The third-order valence-corrected chi connectivity index (χ3v) is 5.73. The van der Waals surface area contributed by atoms with Crippen LogP contribution in [-0.2, 0) is 0 Å². The van der Waals surface area contributed by atoms with E-state index in [2.05, 4.69) is 6.92 Å². The van der Waals surface area contributed by atoms with Gasteiger partial charge in [-0.25, -0.2) is 22.0 Å². The molecule has 2 aromatic carbocycles. The molecular formula is C23H23F5. The van der Waals surface area contributed by atoms with Crippen molar-refractivity contribution in [3.8, 4) is 0 Å². The monoisotopic (exact) mass is 394 g/mol. The van der Waals surface area contributed by atoms with Crippen LogP contribution < -0.4 is 0 Å². The van der Waals surface area contributed by atoms with Gasteiger partial charge in [0.05, 0.1) is 10.9 Å². The molecule has 0 aromatic heterocycles. The molecule has 0 heterocycles. The topological polar surface area (TPSA) is 0 Å². The van der Waals surface area contributed by atoms with Crippen LogP contribution in [0.2, 0.25) is 0 Å². The number of fused-ring (bicyclic) bond motifs is 1. The van der Waals surface area contributed by atoms with Gasteiger partial charge in [-0.3, -0.25) is 0 Å². The molecule has 0 aliphatic heterocycles. The molecule has 28 heavy (non-hydrogen) atoms. The number of halogens is 5. The number of hydrogen-bond donors (Lipinski definition) is 0. The van der Waals surface area contributed by atoms with Crippen LogP contribution >= 0.6 is 0 Å². The molecule has 5 heteroatoms. The predicted octanol–water partition coefficient (Wildman–Crippen LogP) is 8.11. The maximum absolute atomic E-state index is 14.8. The summed E-state index contributed by atoms with van der Waals surface area (Å²) >= 11 is 0. The summed E-state index contributed by atoms with van der Waals surface area (Å²) in [7, 11) is 0. The lowest BCUT2D eigenvalue weighted by Crippen LogP contribution is -2.15. The third-order valence-electron chi connectivity index (χ3n) is 5.73. The maximum Gasteiger partial charge on any atom is 0.170 e. The summed E-state index contributed by atoms with van der Waals surface area (Å²) in [6.45, 7) is 3.73. The van der Waals surface area contributed by atoms with E-state index in [1.165, 1.54) is 18.2 Å². The Labute approximate surface area is 161 Å². The molecule has 150 valence electrons.